The lowest BCUT2D eigenvalue weighted by atomic mass is 10.1. The van der Waals surface area contributed by atoms with E-state index in [9.17, 15) is 19.1 Å². The smallest absolute Gasteiger partial charge is 0.335 e. The summed E-state index contributed by atoms with van der Waals surface area (Å²) in [4.78, 5) is 22.2. The number of hydrogen-bond acceptors (Lipinski definition) is 3. The average molecular weight is 237 g/mol. The van der Waals surface area contributed by atoms with Crippen molar-refractivity contribution in [3.05, 3.63) is 35.2 Å². The summed E-state index contributed by atoms with van der Waals surface area (Å²) in [5.74, 6) is -3.20. The fraction of sp³-hybridized carbons (Fsp3) is 0.0909. The van der Waals surface area contributed by atoms with Crippen LogP contribution in [0.4, 0.5) is 10.1 Å². The molecule has 1 amide bonds. The third-order valence-corrected chi connectivity index (χ3v) is 2.39. The van der Waals surface area contributed by atoms with Gasteiger partial charge in [-0.3, -0.25) is 4.79 Å². The summed E-state index contributed by atoms with van der Waals surface area (Å²) < 4.78 is 13.0. The van der Waals surface area contributed by atoms with Gasteiger partial charge in [-0.05, 0) is 18.2 Å². The fourth-order valence-electron chi connectivity index (χ4n) is 1.60. The van der Waals surface area contributed by atoms with Crippen molar-refractivity contribution in [1.82, 2.24) is 0 Å². The molecule has 88 valence electrons. The Hall–Kier alpha value is -2.37. The second-order valence-electron chi connectivity index (χ2n) is 3.55. The molecule has 1 heterocycles. The number of benzene rings is 1. The van der Waals surface area contributed by atoms with Crippen LogP contribution in [-0.4, -0.2) is 22.1 Å². The van der Waals surface area contributed by atoms with E-state index in [-0.39, 0.29) is 11.3 Å². The van der Waals surface area contributed by atoms with Gasteiger partial charge in [-0.1, -0.05) is 0 Å². The molecule has 0 saturated heterocycles. The van der Waals surface area contributed by atoms with Gasteiger partial charge in [0.15, 0.2) is 0 Å². The summed E-state index contributed by atoms with van der Waals surface area (Å²) in [6.45, 7) is 0. The Bertz CT molecular complexity index is 550. The Morgan fingerprint density at radius 2 is 2.12 bits per heavy atom. The van der Waals surface area contributed by atoms with Gasteiger partial charge in [0, 0.05) is 5.56 Å². The first-order valence-corrected chi connectivity index (χ1v) is 4.74. The van der Waals surface area contributed by atoms with E-state index in [0.717, 1.165) is 12.1 Å². The number of carboxylic acid groups (broad SMARTS) is 1. The first-order chi connectivity index (χ1) is 7.99. The summed E-state index contributed by atoms with van der Waals surface area (Å²) in [7, 11) is 0. The predicted octanol–water partition coefficient (Wildman–Crippen LogP) is 1.52. The molecular formula is C11H8FNO4. The summed E-state index contributed by atoms with van der Waals surface area (Å²) in [5.41, 5.74) is -0.301. The molecular weight excluding hydrogens is 229 g/mol. The molecule has 1 aromatic rings. The number of carboxylic acids is 1. The van der Waals surface area contributed by atoms with E-state index in [0.29, 0.717) is 0 Å². The first-order valence-electron chi connectivity index (χ1n) is 4.74. The van der Waals surface area contributed by atoms with Gasteiger partial charge < -0.3 is 15.5 Å². The Kier molecular flexibility index (Phi) is 2.55. The molecule has 3 N–H and O–H groups in total. The molecule has 1 aliphatic heterocycles. The van der Waals surface area contributed by atoms with Crippen LogP contribution in [-0.2, 0) is 9.59 Å². The largest absolute Gasteiger partial charge is 0.507 e. The molecule has 17 heavy (non-hydrogen) atoms. The number of amides is 1. The molecule has 1 aromatic carbocycles. The lowest BCUT2D eigenvalue weighted by molar-refractivity contribution is -0.133. The Morgan fingerprint density at radius 1 is 1.41 bits per heavy atom. The normalized spacial score (nSPS) is 15.0. The number of anilines is 1. The monoisotopic (exact) mass is 237 g/mol. The fourth-order valence-corrected chi connectivity index (χ4v) is 1.60. The highest BCUT2D eigenvalue weighted by atomic mass is 19.1. The molecule has 0 saturated carbocycles. The summed E-state index contributed by atoms with van der Waals surface area (Å²) in [5, 5.41) is 21.0. The van der Waals surface area contributed by atoms with Gasteiger partial charge >= 0.3 is 5.97 Å². The zero-order valence-electron chi connectivity index (χ0n) is 8.53. The zero-order chi connectivity index (χ0) is 12.6. The Labute approximate surface area is 95.2 Å². The molecule has 0 unspecified atom stereocenters. The van der Waals surface area contributed by atoms with Crippen molar-refractivity contribution in [3.63, 3.8) is 0 Å². The standard InChI is InChI=1S/C11H8FNO4/c12-5-1-2-8-6(3-5)10(15)7(11(16)17)4-9(14)13-8/h1-3,15H,4H2,(H,13,14)(H,16,17). The van der Waals surface area contributed by atoms with Gasteiger partial charge in [0.05, 0.1) is 17.7 Å². The van der Waals surface area contributed by atoms with E-state index in [4.69, 9.17) is 5.11 Å². The highest BCUT2D eigenvalue weighted by Crippen LogP contribution is 2.30. The summed E-state index contributed by atoms with van der Waals surface area (Å²) >= 11 is 0. The highest BCUT2D eigenvalue weighted by Gasteiger charge is 2.25. The van der Waals surface area contributed by atoms with Crippen LogP contribution in [0, 0.1) is 5.82 Å². The van der Waals surface area contributed by atoms with Crippen molar-refractivity contribution in [1.29, 1.82) is 0 Å². The van der Waals surface area contributed by atoms with Crippen molar-refractivity contribution in [2.45, 2.75) is 6.42 Å². The average Bonchev–Trinajstić information content (AvgIpc) is 2.38. The van der Waals surface area contributed by atoms with E-state index in [1.165, 1.54) is 6.07 Å². The van der Waals surface area contributed by atoms with Crippen LogP contribution in [0.25, 0.3) is 5.76 Å². The molecule has 5 nitrogen and oxygen atoms in total. The van der Waals surface area contributed by atoms with Crippen LogP contribution in [0.5, 0.6) is 0 Å². The molecule has 0 aliphatic carbocycles. The molecule has 0 radical (unpaired) electrons. The maximum Gasteiger partial charge on any atom is 0.335 e. The maximum atomic E-state index is 13.0. The minimum atomic E-state index is -1.41. The lowest BCUT2D eigenvalue weighted by Crippen LogP contribution is -2.13. The van der Waals surface area contributed by atoms with Gasteiger partial charge in [-0.15, -0.1) is 0 Å². The molecule has 1 aliphatic rings. The number of aliphatic hydroxyl groups excluding tert-OH is 1. The van der Waals surface area contributed by atoms with Crippen molar-refractivity contribution >= 4 is 23.3 Å². The number of nitrogens with one attached hydrogen (secondary N) is 1. The van der Waals surface area contributed by atoms with E-state index < -0.39 is 35.4 Å². The zero-order valence-corrected chi connectivity index (χ0v) is 8.53. The maximum absolute atomic E-state index is 13.0. The highest BCUT2D eigenvalue weighted by molar-refractivity contribution is 6.07. The molecule has 0 aromatic heterocycles. The number of halogens is 1. The number of hydrogen-bond donors (Lipinski definition) is 3. The number of carbonyl (C=O) groups excluding carboxylic acids is 1. The van der Waals surface area contributed by atoms with Crippen molar-refractivity contribution in [3.8, 4) is 0 Å². The minimum absolute atomic E-state index is 0.0340. The second-order valence-corrected chi connectivity index (χ2v) is 3.55. The molecule has 0 spiro atoms. The summed E-state index contributed by atoms with van der Waals surface area (Å²) in [6, 6.07) is 3.35. The van der Waals surface area contributed by atoms with E-state index in [1.807, 2.05) is 0 Å². The van der Waals surface area contributed by atoms with Crippen LogP contribution in [0.3, 0.4) is 0 Å². The van der Waals surface area contributed by atoms with Gasteiger partial charge in [0.2, 0.25) is 5.91 Å². The van der Waals surface area contributed by atoms with Crippen LogP contribution >= 0.6 is 0 Å². The van der Waals surface area contributed by atoms with Crippen LogP contribution in [0.2, 0.25) is 0 Å². The minimum Gasteiger partial charge on any atom is -0.507 e. The number of aliphatic hydroxyl groups is 1. The Balaban J connectivity index is 2.67. The van der Waals surface area contributed by atoms with Gasteiger partial charge in [-0.25, -0.2) is 9.18 Å². The van der Waals surface area contributed by atoms with E-state index >= 15 is 0 Å². The Morgan fingerprint density at radius 3 is 2.76 bits per heavy atom. The first kappa shape index (κ1) is 11.1. The summed E-state index contributed by atoms with van der Waals surface area (Å²) in [6.07, 6.45) is -0.461. The van der Waals surface area contributed by atoms with Crippen LogP contribution in [0.15, 0.2) is 23.8 Å². The third-order valence-electron chi connectivity index (χ3n) is 2.39. The predicted molar refractivity (Wildman–Crippen MR) is 56.8 cm³/mol. The van der Waals surface area contributed by atoms with E-state index in [1.54, 1.807) is 0 Å². The number of carbonyl (C=O) groups is 2. The number of aliphatic carboxylic acids is 1. The van der Waals surface area contributed by atoms with Gasteiger partial charge in [0.25, 0.3) is 0 Å². The van der Waals surface area contributed by atoms with Gasteiger partial charge in [0.1, 0.15) is 11.6 Å². The van der Waals surface area contributed by atoms with E-state index in [2.05, 4.69) is 5.32 Å². The quantitative estimate of drug-likeness (QED) is 0.691. The van der Waals surface area contributed by atoms with Crippen LogP contribution in [0.1, 0.15) is 12.0 Å². The van der Waals surface area contributed by atoms with Crippen molar-refractivity contribution in [2.75, 3.05) is 5.32 Å². The molecule has 0 bridgehead atoms. The van der Waals surface area contributed by atoms with Crippen molar-refractivity contribution in [2.24, 2.45) is 0 Å². The topological polar surface area (TPSA) is 86.6 Å². The van der Waals surface area contributed by atoms with Gasteiger partial charge in [-0.2, -0.15) is 0 Å². The second kappa shape index (κ2) is 3.89. The third kappa shape index (κ3) is 1.96. The molecule has 2 rings (SSSR count). The molecule has 0 fully saturated rings. The number of rotatable bonds is 1. The molecule has 6 heteroatoms. The molecule has 0 atom stereocenters. The van der Waals surface area contributed by atoms with Crippen molar-refractivity contribution < 1.29 is 24.2 Å². The number of fused-ring (bicyclic) bond motifs is 1. The van der Waals surface area contributed by atoms with Crippen LogP contribution < -0.4 is 5.32 Å². The lowest BCUT2D eigenvalue weighted by Gasteiger charge is -2.06. The SMILES string of the molecule is O=C1CC(C(=O)O)=C(O)c2cc(F)ccc2N1.